The smallest absolute Gasteiger partial charge is 0.333 e. The molecule has 0 unspecified atom stereocenters. The van der Waals surface area contributed by atoms with Crippen molar-refractivity contribution >= 4 is 11.7 Å². The standard InChI is InChI=1S/C16H25N3O2/c1-4-21-15-10-8-14(9-11-15)17-16(20)18-19-12(2)6-5-7-13(19)3/h8-13H,4-7H2,1-3H3,(H2,17,18,20)/t12-,13-/m0/s1. The van der Waals surface area contributed by atoms with Crippen molar-refractivity contribution in [3.63, 3.8) is 0 Å². The van der Waals surface area contributed by atoms with Crippen LogP contribution >= 0.6 is 0 Å². The summed E-state index contributed by atoms with van der Waals surface area (Å²) in [7, 11) is 0. The van der Waals surface area contributed by atoms with E-state index in [1.165, 1.54) is 6.42 Å². The average molecular weight is 291 g/mol. The summed E-state index contributed by atoms with van der Waals surface area (Å²) in [5, 5.41) is 4.90. The van der Waals surface area contributed by atoms with Gasteiger partial charge in [-0.2, -0.15) is 0 Å². The number of nitrogens with zero attached hydrogens (tertiary/aromatic N) is 1. The Balaban J connectivity index is 1.88. The molecule has 2 atom stereocenters. The second-order valence-electron chi connectivity index (χ2n) is 5.56. The molecule has 1 fully saturated rings. The molecule has 1 aromatic rings. The van der Waals surface area contributed by atoms with E-state index in [1.54, 1.807) is 0 Å². The summed E-state index contributed by atoms with van der Waals surface area (Å²) in [6.07, 6.45) is 3.46. The van der Waals surface area contributed by atoms with Crippen molar-refractivity contribution in [2.75, 3.05) is 11.9 Å². The Bertz CT molecular complexity index is 451. The van der Waals surface area contributed by atoms with Crippen LogP contribution in [0.3, 0.4) is 0 Å². The molecule has 5 nitrogen and oxygen atoms in total. The van der Waals surface area contributed by atoms with E-state index in [0.717, 1.165) is 24.3 Å². The molecule has 2 N–H and O–H groups in total. The average Bonchev–Trinajstić information content (AvgIpc) is 2.45. The van der Waals surface area contributed by atoms with E-state index in [2.05, 4.69) is 24.6 Å². The molecule has 0 aromatic heterocycles. The second kappa shape index (κ2) is 7.31. The number of piperidine rings is 1. The van der Waals surface area contributed by atoms with Crippen molar-refractivity contribution in [2.45, 2.75) is 52.1 Å². The summed E-state index contributed by atoms with van der Waals surface area (Å²) in [6, 6.07) is 7.94. The summed E-state index contributed by atoms with van der Waals surface area (Å²) >= 11 is 0. The van der Waals surface area contributed by atoms with Crippen LogP contribution < -0.4 is 15.5 Å². The Hall–Kier alpha value is -1.75. The van der Waals surface area contributed by atoms with Crippen LogP contribution in [0.1, 0.15) is 40.0 Å². The van der Waals surface area contributed by atoms with E-state index < -0.39 is 0 Å². The first-order valence-corrected chi connectivity index (χ1v) is 7.69. The lowest BCUT2D eigenvalue weighted by molar-refractivity contribution is 0.0625. The molecule has 0 aliphatic carbocycles. The zero-order valence-electron chi connectivity index (χ0n) is 13.1. The summed E-state index contributed by atoms with van der Waals surface area (Å²) < 4.78 is 5.38. The Morgan fingerprint density at radius 2 is 1.86 bits per heavy atom. The molecule has 0 spiro atoms. The number of hydrogen-bond donors (Lipinski definition) is 2. The minimum Gasteiger partial charge on any atom is -0.494 e. The molecule has 1 saturated heterocycles. The summed E-state index contributed by atoms with van der Waals surface area (Å²) in [5.74, 6) is 0.807. The van der Waals surface area contributed by atoms with Crippen LogP contribution in [-0.4, -0.2) is 29.7 Å². The number of rotatable bonds is 4. The lowest BCUT2D eigenvalue weighted by Crippen LogP contribution is -2.55. The zero-order chi connectivity index (χ0) is 15.2. The van der Waals surface area contributed by atoms with Gasteiger partial charge in [0.1, 0.15) is 5.75 Å². The maximum Gasteiger partial charge on any atom is 0.333 e. The van der Waals surface area contributed by atoms with Gasteiger partial charge in [0.25, 0.3) is 0 Å². The first kappa shape index (κ1) is 15.6. The number of urea groups is 1. The third kappa shape index (κ3) is 4.36. The monoisotopic (exact) mass is 291 g/mol. The fourth-order valence-electron chi connectivity index (χ4n) is 2.72. The largest absolute Gasteiger partial charge is 0.494 e. The fraction of sp³-hybridized carbons (Fsp3) is 0.562. The topological polar surface area (TPSA) is 53.6 Å². The molecule has 1 heterocycles. The van der Waals surface area contributed by atoms with Gasteiger partial charge in [0.05, 0.1) is 6.61 Å². The van der Waals surface area contributed by atoms with Crippen LogP contribution in [0.2, 0.25) is 0 Å². The second-order valence-corrected chi connectivity index (χ2v) is 5.56. The Morgan fingerprint density at radius 1 is 1.24 bits per heavy atom. The predicted octanol–water partition coefficient (Wildman–Crippen LogP) is 3.38. The van der Waals surface area contributed by atoms with Gasteiger partial charge < -0.3 is 10.1 Å². The molecule has 1 aliphatic heterocycles. The summed E-state index contributed by atoms with van der Waals surface area (Å²) in [6.45, 7) is 6.87. The van der Waals surface area contributed by atoms with Gasteiger partial charge in [-0.25, -0.2) is 9.80 Å². The molecular weight excluding hydrogens is 266 g/mol. The van der Waals surface area contributed by atoms with Gasteiger partial charge in [-0.3, -0.25) is 5.43 Å². The molecule has 116 valence electrons. The molecule has 1 aliphatic rings. The van der Waals surface area contributed by atoms with Crippen molar-refractivity contribution in [1.82, 2.24) is 10.4 Å². The highest BCUT2D eigenvalue weighted by molar-refractivity contribution is 5.88. The van der Waals surface area contributed by atoms with Gasteiger partial charge in [0, 0.05) is 17.8 Å². The van der Waals surface area contributed by atoms with Crippen LogP contribution in [0.25, 0.3) is 0 Å². The van der Waals surface area contributed by atoms with Gasteiger partial charge in [-0.1, -0.05) is 6.42 Å². The van der Waals surface area contributed by atoms with Crippen LogP contribution in [0.5, 0.6) is 5.75 Å². The highest BCUT2D eigenvalue weighted by Crippen LogP contribution is 2.20. The van der Waals surface area contributed by atoms with Crippen molar-refractivity contribution in [3.8, 4) is 5.75 Å². The number of anilines is 1. The maximum absolute atomic E-state index is 12.1. The predicted molar refractivity (Wildman–Crippen MR) is 84.4 cm³/mol. The lowest BCUT2D eigenvalue weighted by Gasteiger charge is -2.38. The van der Waals surface area contributed by atoms with Gasteiger partial charge >= 0.3 is 6.03 Å². The molecule has 5 heteroatoms. The van der Waals surface area contributed by atoms with Crippen LogP contribution in [0, 0.1) is 0 Å². The Labute approximate surface area is 126 Å². The molecule has 21 heavy (non-hydrogen) atoms. The van der Waals surface area contributed by atoms with Crippen LogP contribution in [0.4, 0.5) is 10.5 Å². The number of hydrogen-bond acceptors (Lipinski definition) is 3. The highest BCUT2D eigenvalue weighted by atomic mass is 16.5. The number of benzene rings is 1. The van der Waals surface area contributed by atoms with Gasteiger partial charge in [0.15, 0.2) is 0 Å². The van der Waals surface area contributed by atoms with E-state index in [0.29, 0.717) is 18.7 Å². The Kier molecular flexibility index (Phi) is 5.44. The number of carbonyl (C=O) groups is 1. The molecular formula is C16H25N3O2. The van der Waals surface area contributed by atoms with Crippen LogP contribution in [-0.2, 0) is 0 Å². The van der Waals surface area contributed by atoms with Gasteiger partial charge in [-0.15, -0.1) is 0 Å². The first-order valence-electron chi connectivity index (χ1n) is 7.69. The number of ether oxygens (including phenoxy) is 1. The van der Waals surface area contributed by atoms with E-state index in [1.807, 2.05) is 36.2 Å². The first-order chi connectivity index (χ1) is 10.1. The lowest BCUT2D eigenvalue weighted by atomic mass is 10.00. The van der Waals surface area contributed by atoms with Crippen LogP contribution in [0.15, 0.2) is 24.3 Å². The number of amides is 2. The van der Waals surface area contributed by atoms with Gasteiger partial charge in [-0.05, 0) is 57.9 Å². The van der Waals surface area contributed by atoms with Gasteiger partial charge in [0.2, 0.25) is 0 Å². The molecule has 0 radical (unpaired) electrons. The highest BCUT2D eigenvalue weighted by Gasteiger charge is 2.25. The Morgan fingerprint density at radius 3 is 2.43 bits per heavy atom. The van der Waals surface area contributed by atoms with Crippen molar-refractivity contribution < 1.29 is 9.53 Å². The molecule has 1 aromatic carbocycles. The maximum atomic E-state index is 12.1. The molecule has 2 rings (SSSR count). The molecule has 2 amide bonds. The fourth-order valence-corrected chi connectivity index (χ4v) is 2.72. The van der Waals surface area contributed by atoms with Crippen molar-refractivity contribution in [3.05, 3.63) is 24.3 Å². The van der Waals surface area contributed by atoms with E-state index >= 15 is 0 Å². The third-order valence-electron chi connectivity index (χ3n) is 3.85. The number of nitrogens with one attached hydrogen (secondary N) is 2. The van der Waals surface area contributed by atoms with E-state index in [-0.39, 0.29) is 6.03 Å². The third-order valence-corrected chi connectivity index (χ3v) is 3.85. The minimum absolute atomic E-state index is 0.195. The summed E-state index contributed by atoms with van der Waals surface area (Å²) in [4.78, 5) is 12.1. The van der Waals surface area contributed by atoms with E-state index in [4.69, 9.17) is 4.74 Å². The quantitative estimate of drug-likeness (QED) is 0.894. The van der Waals surface area contributed by atoms with Crippen molar-refractivity contribution in [1.29, 1.82) is 0 Å². The summed E-state index contributed by atoms with van der Waals surface area (Å²) in [5.41, 5.74) is 3.72. The number of carbonyl (C=O) groups excluding carboxylic acids is 1. The number of hydrazine groups is 1. The van der Waals surface area contributed by atoms with Crippen molar-refractivity contribution in [2.24, 2.45) is 0 Å². The minimum atomic E-state index is -0.195. The van der Waals surface area contributed by atoms with E-state index in [9.17, 15) is 4.79 Å². The SMILES string of the molecule is CCOc1ccc(NC(=O)NN2[C@@H](C)CCC[C@@H]2C)cc1. The zero-order valence-corrected chi connectivity index (χ0v) is 13.1. The molecule has 0 saturated carbocycles. The molecule has 0 bridgehead atoms. The normalized spacial score (nSPS) is 22.6.